The molecule has 0 unspecified atom stereocenters. The van der Waals surface area contributed by atoms with Crippen molar-refractivity contribution in [2.24, 2.45) is 0 Å². The summed E-state index contributed by atoms with van der Waals surface area (Å²) >= 11 is 0. The van der Waals surface area contributed by atoms with Crippen LogP contribution >= 0.6 is 0 Å². The number of ether oxygens (including phenoxy) is 2. The van der Waals surface area contributed by atoms with Crippen molar-refractivity contribution in [2.75, 3.05) is 23.8 Å². The van der Waals surface area contributed by atoms with E-state index in [1.807, 2.05) is 24.3 Å². The first-order chi connectivity index (χ1) is 15.7. The topological polar surface area (TPSA) is 74.7 Å². The monoisotopic (exact) mass is 396 g/mol. The molecule has 1 saturated heterocycles. The number of rotatable bonds is 4. The lowest BCUT2D eigenvalue weighted by atomic mass is 9.96. The summed E-state index contributed by atoms with van der Waals surface area (Å²) in [5.74, 6) is -0.405. The first-order valence-corrected chi connectivity index (χ1v) is 9.21. The van der Waals surface area contributed by atoms with E-state index in [4.69, 9.17) is 21.7 Å². The number of methoxy groups -OCH3 is 1. The van der Waals surface area contributed by atoms with E-state index in [0.29, 0.717) is 12.1 Å². The van der Waals surface area contributed by atoms with Gasteiger partial charge in [-0.15, -0.1) is 0 Å². The van der Waals surface area contributed by atoms with Crippen LogP contribution in [0, 0.1) is 5.41 Å². The number of hydrogen-bond acceptors (Lipinski definition) is 5. The van der Waals surface area contributed by atoms with Crippen molar-refractivity contribution >= 4 is 23.0 Å². The molecule has 0 radical (unpaired) electrons. The molecule has 2 aromatic carbocycles. The van der Waals surface area contributed by atoms with Gasteiger partial charge in [0.15, 0.2) is 5.78 Å². The van der Waals surface area contributed by atoms with Crippen LogP contribution in [0.5, 0.6) is 11.5 Å². The Morgan fingerprint density at radius 3 is 2.76 bits per heavy atom. The SMILES string of the molecule is [2H]C([2H])([2H])Oc1cc(OC([2H])([2H])C)cc(N2C(=N)C(=C3Cc4ccccc4N3)C(=O)C2(C)C)c1. The fourth-order valence-corrected chi connectivity index (χ4v) is 3.90. The van der Waals surface area contributed by atoms with Gasteiger partial charge in [0, 0.05) is 36.0 Å². The number of fused-ring (bicyclic) bond motifs is 1. The third-order valence-electron chi connectivity index (χ3n) is 5.23. The number of ketones is 1. The van der Waals surface area contributed by atoms with Gasteiger partial charge >= 0.3 is 0 Å². The van der Waals surface area contributed by atoms with E-state index in [9.17, 15) is 4.79 Å². The number of para-hydroxylation sites is 1. The first kappa shape index (κ1) is 13.8. The number of carbonyl (C=O) groups excluding carboxylic acids is 1. The van der Waals surface area contributed by atoms with Crippen LogP contribution in [-0.4, -0.2) is 30.8 Å². The molecule has 2 N–H and O–H groups in total. The predicted octanol–water partition coefficient (Wildman–Crippen LogP) is 4.16. The molecule has 0 spiro atoms. The summed E-state index contributed by atoms with van der Waals surface area (Å²) in [7, 11) is -2.75. The zero-order chi connectivity index (χ0) is 25.1. The zero-order valence-corrected chi connectivity index (χ0v) is 16.4. The molecule has 0 aromatic heterocycles. The van der Waals surface area contributed by atoms with E-state index >= 15 is 0 Å². The molecule has 4 rings (SSSR count). The van der Waals surface area contributed by atoms with Gasteiger partial charge in [-0.3, -0.25) is 10.2 Å². The van der Waals surface area contributed by atoms with Gasteiger partial charge < -0.3 is 19.7 Å². The predicted molar refractivity (Wildman–Crippen MR) is 114 cm³/mol. The molecule has 0 amide bonds. The summed E-state index contributed by atoms with van der Waals surface area (Å²) in [4.78, 5) is 15.0. The van der Waals surface area contributed by atoms with Crippen molar-refractivity contribution in [1.82, 2.24) is 0 Å². The van der Waals surface area contributed by atoms with Crippen LogP contribution in [0.2, 0.25) is 0 Å². The van der Waals surface area contributed by atoms with Crippen LogP contribution in [0.25, 0.3) is 0 Å². The van der Waals surface area contributed by atoms with Crippen molar-refractivity contribution in [3.05, 3.63) is 59.3 Å². The van der Waals surface area contributed by atoms with E-state index in [1.165, 1.54) is 30.0 Å². The Morgan fingerprint density at radius 2 is 2.03 bits per heavy atom. The first-order valence-electron chi connectivity index (χ1n) is 11.7. The van der Waals surface area contributed by atoms with Crippen molar-refractivity contribution in [1.29, 1.82) is 5.41 Å². The Bertz CT molecular complexity index is 1150. The molecule has 150 valence electrons. The summed E-state index contributed by atoms with van der Waals surface area (Å²) in [6, 6.07) is 11.8. The Labute approximate surface area is 177 Å². The third-order valence-corrected chi connectivity index (χ3v) is 5.23. The number of amidine groups is 1. The number of hydrogen-bond donors (Lipinski definition) is 2. The number of nitrogens with zero attached hydrogens (tertiary/aromatic N) is 1. The van der Waals surface area contributed by atoms with Crippen molar-refractivity contribution in [3.63, 3.8) is 0 Å². The Hall–Kier alpha value is -3.28. The highest BCUT2D eigenvalue weighted by atomic mass is 16.5. The van der Waals surface area contributed by atoms with Gasteiger partial charge in [-0.2, -0.15) is 0 Å². The standard InChI is InChI=1S/C23H25N3O3/c1-5-29-17-12-15(11-16(13-17)28-4)26-22(24)20(21(27)23(26,2)3)19-10-14-8-6-7-9-18(14)25-19/h6-9,11-13,24-25H,5,10H2,1-4H3/i4D3,5D2. The van der Waals surface area contributed by atoms with Gasteiger partial charge in [-0.05, 0) is 32.4 Å². The van der Waals surface area contributed by atoms with Crippen LogP contribution in [-0.2, 0) is 11.2 Å². The maximum atomic E-state index is 13.5. The van der Waals surface area contributed by atoms with E-state index in [1.54, 1.807) is 13.8 Å². The summed E-state index contributed by atoms with van der Waals surface area (Å²) in [5, 5.41) is 12.1. The van der Waals surface area contributed by atoms with E-state index in [-0.39, 0.29) is 34.4 Å². The lowest BCUT2D eigenvalue weighted by Crippen LogP contribution is -2.44. The van der Waals surface area contributed by atoms with Gasteiger partial charge in [0.2, 0.25) is 0 Å². The largest absolute Gasteiger partial charge is 0.497 e. The molecule has 0 bridgehead atoms. The summed E-state index contributed by atoms with van der Waals surface area (Å²) in [6.07, 6.45) is 0.482. The highest BCUT2D eigenvalue weighted by Crippen LogP contribution is 2.41. The van der Waals surface area contributed by atoms with Crippen LogP contribution < -0.4 is 19.7 Å². The minimum Gasteiger partial charge on any atom is -0.497 e. The molecule has 1 fully saturated rings. The maximum Gasteiger partial charge on any atom is 0.193 e. The minimum atomic E-state index is -2.75. The van der Waals surface area contributed by atoms with Gasteiger partial charge in [0.05, 0.1) is 31.7 Å². The number of carbonyl (C=O) groups is 1. The molecule has 6 nitrogen and oxygen atoms in total. The molecule has 2 aromatic rings. The van der Waals surface area contributed by atoms with E-state index in [2.05, 4.69) is 5.32 Å². The number of anilines is 2. The summed E-state index contributed by atoms with van der Waals surface area (Å²) in [5.41, 5.74) is 1.89. The van der Waals surface area contributed by atoms with Gasteiger partial charge in [-0.1, -0.05) is 18.2 Å². The summed E-state index contributed by atoms with van der Waals surface area (Å²) < 4.78 is 48.1. The molecule has 0 atom stereocenters. The molecule has 29 heavy (non-hydrogen) atoms. The minimum absolute atomic E-state index is 0.00722. The fourth-order valence-electron chi connectivity index (χ4n) is 3.90. The molecule has 2 aliphatic rings. The molecular weight excluding hydrogens is 366 g/mol. The highest BCUT2D eigenvalue weighted by molar-refractivity contribution is 6.36. The van der Waals surface area contributed by atoms with Crippen molar-refractivity contribution < 1.29 is 21.1 Å². The average Bonchev–Trinajstić information content (AvgIpc) is 3.15. The third kappa shape index (κ3) is 3.05. The van der Waals surface area contributed by atoms with Gasteiger partial charge in [0.25, 0.3) is 0 Å². The van der Waals surface area contributed by atoms with Crippen LogP contribution in [0.4, 0.5) is 11.4 Å². The molecular formula is C23H25N3O3. The number of nitrogens with one attached hydrogen (secondary N) is 2. The van der Waals surface area contributed by atoms with Crippen LogP contribution in [0.3, 0.4) is 0 Å². The number of Topliss-reactive ketones (excluding diaryl/α,β-unsaturated/α-hetero) is 1. The lowest BCUT2D eigenvalue weighted by Gasteiger charge is -2.31. The molecule has 2 heterocycles. The second-order valence-corrected chi connectivity index (χ2v) is 7.46. The normalized spacial score (nSPS) is 23.4. The molecule has 0 aliphatic carbocycles. The number of allylic oxidation sites excluding steroid dienone is 1. The van der Waals surface area contributed by atoms with Gasteiger partial charge in [0.1, 0.15) is 22.9 Å². The van der Waals surface area contributed by atoms with Gasteiger partial charge in [-0.25, -0.2) is 0 Å². The lowest BCUT2D eigenvalue weighted by molar-refractivity contribution is -0.118. The number of benzene rings is 2. The highest BCUT2D eigenvalue weighted by Gasteiger charge is 2.49. The Balaban J connectivity index is 1.80. The molecule has 6 heteroatoms. The van der Waals surface area contributed by atoms with Crippen molar-refractivity contribution in [3.8, 4) is 11.5 Å². The van der Waals surface area contributed by atoms with Crippen LogP contribution in [0.1, 0.15) is 33.2 Å². The summed E-state index contributed by atoms with van der Waals surface area (Å²) in [6.45, 7) is 2.51. The Kier molecular flexibility index (Phi) is 3.31. The second-order valence-electron chi connectivity index (χ2n) is 7.46. The Morgan fingerprint density at radius 1 is 1.28 bits per heavy atom. The van der Waals surface area contributed by atoms with E-state index in [0.717, 1.165) is 11.3 Å². The fraction of sp³-hybridized carbons (Fsp3) is 0.304. The van der Waals surface area contributed by atoms with Crippen LogP contribution in [0.15, 0.2) is 53.7 Å². The van der Waals surface area contributed by atoms with Crippen molar-refractivity contribution in [2.45, 2.75) is 32.7 Å². The molecule has 2 aliphatic heterocycles. The van der Waals surface area contributed by atoms with E-state index < -0.39 is 19.1 Å². The quantitative estimate of drug-likeness (QED) is 0.759. The average molecular weight is 397 g/mol. The smallest absolute Gasteiger partial charge is 0.193 e. The molecule has 0 saturated carbocycles. The second kappa shape index (κ2) is 6.95. The zero-order valence-electron chi connectivity index (χ0n) is 21.4. The maximum absolute atomic E-state index is 13.5.